The molecule has 16 nitrogen and oxygen atoms in total. The van der Waals surface area contributed by atoms with Crippen LogP contribution >= 0.6 is 15.6 Å². The Labute approximate surface area is 492 Å². The van der Waals surface area contributed by atoms with Gasteiger partial charge in [-0.1, -0.05) is 250 Å². The highest BCUT2D eigenvalue weighted by molar-refractivity contribution is 7.47. The van der Waals surface area contributed by atoms with Crippen LogP contribution in [0.25, 0.3) is 0 Å². The van der Waals surface area contributed by atoms with Crippen molar-refractivity contribution in [3.8, 4) is 0 Å². The standard InChI is InChI=1S/C63H118O16P2/c1-4-7-10-13-16-19-22-25-26-27-28-29-30-33-35-37-40-43-46-49-61(66)73-52-58(64)53-75-80(69,70)76-54-59(65)55-77-81(71,72)78-57-60(79-63(68)51-48-45-42-39-36-32-24-21-18-15-12-9-6-3)56-74-62(67)50-47-44-41-38-34-31-23-20-17-14-11-8-5-2/h16,19,25-26,28-29,58-60,64-65H,4-15,17-18,20-24,27,30-57H2,1-3H3,(H,69,70)(H,71,72)/b19-16-,26-25-,29-28-. The van der Waals surface area contributed by atoms with E-state index in [0.29, 0.717) is 19.3 Å². The normalized spacial score (nSPS) is 14.6. The maximum Gasteiger partial charge on any atom is 0.472 e. The maximum absolute atomic E-state index is 12.9. The van der Waals surface area contributed by atoms with Gasteiger partial charge in [0.15, 0.2) is 6.10 Å². The third-order valence-electron chi connectivity index (χ3n) is 13.9. The average Bonchev–Trinajstić information content (AvgIpc) is 3.45. The Hall–Kier alpha value is -2.23. The maximum atomic E-state index is 12.9. The van der Waals surface area contributed by atoms with Crippen molar-refractivity contribution in [2.75, 3.05) is 39.6 Å². The second-order valence-electron chi connectivity index (χ2n) is 21.9. The predicted molar refractivity (Wildman–Crippen MR) is 326 cm³/mol. The van der Waals surface area contributed by atoms with Gasteiger partial charge in [-0.2, -0.15) is 0 Å². The molecule has 0 aliphatic carbocycles. The zero-order chi connectivity index (χ0) is 59.6. The number of unbranched alkanes of at least 4 members (excludes halogenated alkanes) is 33. The Morgan fingerprint density at radius 2 is 0.617 bits per heavy atom. The van der Waals surface area contributed by atoms with Crippen molar-refractivity contribution in [2.45, 2.75) is 309 Å². The van der Waals surface area contributed by atoms with Crippen LogP contribution in [0.5, 0.6) is 0 Å². The van der Waals surface area contributed by atoms with Crippen LogP contribution in [-0.2, 0) is 55.8 Å². The van der Waals surface area contributed by atoms with Gasteiger partial charge < -0.3 is 34.2 Å². The molecule has 0 heterocycles. The fourth-order valence-electron chi connectivity index (χ4n) is 8.87. The van der Waals surface area contributed by atoms with E-state index < -0.39 is 91.5 Å². The number of aliphatic hydroxyl groups is 2. The summed E-state index contributed by atoms with van der Waals surface area (Å²) in [5.41, 5.74) is 0. The third-order valence-corrected chi connectivity index (χ3v) is 15.8. The van der Waals surface area contributed by atoms with E-state index in [4.69, 9.17) is 32.3 Å². The molecule has 4 N–H and O–H groups in total. The van der Waals surface area contributed by atoms with E-state index in [2.05, 4.69) is 57.2 Å². The van der Waals surface area contributed by atoms with Crippen molar-refractivity contribution in [1.29, 1.82) is 0 Å². The summed E-state index contributed by atoms with van der Waals surface area (Å²) in [5.74, 6) is -1.57. The highest BCUT2D eigenvalue weighted by Crippen LogP contribution is 2.45. The molecular formula is C63H118O16P2. The van der Waals surface area contributed by atoms with Crippen LogP contribution in [-0.4, -0.2) is 95.9 Å². The van der Waals surface area contributed by atoms with E-state index in [1.165, 1.54) is 135 Å². The second kappa shape index (κ2) is 58.2. The van der Waals surface area contributed by atoms with E-state index >= 15 is 0 Å². The van der Waals surface area contributed by atoms with E-state index in [1.807, 2.05) is 0 Å². The van der Waals surface area contributed by atoms with E-state index in [0.717, 1.165) is 96.3 Å². The summed E-state index contributed by atoms with van der Waals surface area (Å²) in [4.78, 5) is 58.2. The van der Waals surface area contributed by atoms with Crippen LogP contribution in [0.4, 0.5) is 0 Å². The lowest BCUT2D eigenvalue weighted by Gasteiger charge is -2.21. The first-order valence-electron chi connectivity index (χ1n) is 32.3. The molecule has 0 saturated heterocycles. The zero-order valence-electron chi connectivity index (χ0n) is 51.2. The van der Waals surface area contributed by atoms with Gasteiger partial charge in [0.25, 0.3) is 0 Å². The first-order chi connectivity index (χ1) is 39.2. The largest absolute Gasteiger partial charge is 0.472 e. The van der Waals surface area contributed by atoms with Crippen molar-refractivity contribution in [3.05, 3.63) is 36.5 Å². The van der Waals surface area contributed by atoms with Gasteiger partial charge in [0.05, 0.1) is 26.4 Å². The number of phosphoric acid groups is 2. The van der Waals surface area contributed by atoms with Gasteiger partial charge in [-0.25, -0.2) is 9.13 Å². The number of carbonyl (C=O) groups is 3. The topological polar surface area (TPSA) is 231 Å². The van der Waals surface area contributed by atoms with E-state index in [-0.39, 0.29) is 19.3 Å². The Bertz CT molecular complexity index is 1640. The van der Waals surface area contributed by atoms with Gasteiger partial charge in [-0.05, 0) is 57.8 Å². The zero-order valence-corrected chi connectivity index (χ0v) is 53.0. The Balaban J connectivity index is 4.59. The van der Waals surface area contributed by atoms with Crippen molar-refractivity contribution in [1.82, 2.24) is 0 Å². The van der Waals surface area contributed by atoms with Crippen LogP contribution in [0.2, 0.25) is 0 Å². The first kappa shape index (κ1) is 78.8. The van der Waals surface area contributed by atoms with E-state index in [9.17, 15) is 43.5 Å². The minimum atomic E-state index is -4.91. The van der Waals surface area contributed by atoms with Crippen molar-refractivity contribution in [2.24, 2.45) is 0 Å². The molecular weight excluding hydrogens is 1070 g/mol. The number of carbonyl (C=O) groups excluding carboxylic acids is 3. The highest BCUT2D eigenvalue weighted by atomic mass is 31.2. The molecule has 81 heavy (non-hydrogen) atoms. The molecule has 0 aliphatic heterocycles. The molecule has 0 amide bonds. The Kier molecular flexibility index (Phi) is 56.6. The van der Waals surface area contributed by atoms with Crippen molar-refractivity contribution < 1.29 is 75.8 Å². The van der Waals surface area contributed by atoms with Gasteiger partial charge in [0.1, 0.15) is 25.4 Å². The van der Waals surface area contributed by atoms with Crippen LogP contribution in [0, 0.1) is 0 Å². The molecule has 0 rings (SSSR count). The molecule has 0 radical (unpaired) electrons. The number of hydrogen-bond donors (Lipinski definition) is 4. The second-order valence-corrected chi connectivity index (χ2v) is 24.8. The fourth-order valence-corrected chi connectivity index (χ4v) is 10.5. The molecule has 476 valence electrons. The number of allylic oxidation sites excluding steroid dienone is 6. The smallest absolute Gasteiger partial charge is 0.463 e. The molecule has 18 heteroatoms. The summed E-state index contributed by atoms with van der Waals surface area (Å²) in [6.45, 7) is 2.66. The first-order valence-corrected chi connectivity index (χ1v) is 35.3. The number of aliphatic hydroxyl groups excluding tert-OH is 2. The van der Waals surface area contributed by atoms with Gasteiger partial charge in [0, 0.05) is 19.3 Å². The van der Waals surface area contributed by atoms with E-state index in [1.54, 1.807) is 0 Å². The quantitative estimate of drug-likeness (QED) is 0.0146. The van der Waals surface area contributed by atoms with Crippen LogP contribution in [0.3, 0.4) is 0 Å². The molecule has 0 fully saturated rings. The Morgan fingerprint density at radius 1 is 0.346 bits per heavy atom. The molecule has 5 unspecified atom stereocenters. The summed E-state index contributed by atoms with van der Waals surface area (Å²) in [6.07, 6.45) is 53.4. The third kappa shape index (κ3) is 59.3. The van der Waals surface area contributed by atoms with Crippen LogP contribution in [0.1, 0.15) is 290 Å². The monoisotopic (exact) mass is 1190 g/mol. The van der Waals surface area contributed by atoms with Gasteiger partial charge >= 0.3 is 33.6 Å². The van der Waals surface area contributed by atoms with Crippen molar-refractivity contribution >= 4 is 33.6 Å². The fraction of sp³-hybridized carbons (Fsp3) is 0.857. The molecule has 0 spiro atoms. The average molecular weight is 1190 g/mol. The molecule has 5 atom stereocenters. The van der Waals surface area contributed by atoms with Gasteiger partial charge in [-0.3, -0.25) is 32.5 Å². The summed E-state index contributed by atoms with van der Waals surface area (Å²) in [6, 6.07) is 0. The number of phosphoric ester groups is 2. The molecule has 0 bridgehead atoms. The number of rotatable bonds is 62. The molecule has 0 aromatic rings. The van der Waals surface area contributed by atoms with Gasteiger partial charge in [0.2, 0.25) is 0 Å². The summed E-state index contributed by atoms with van der Waals surface area (Å²) in [5, 5.41) is 20.5. The molecule has 0 aromatic heterocycles. The van der Waals surface area contributed by atoms with Crippen LogP contribution < -0.4 is 0 Å². The lowest BCUT2D eigenvalue weighted by atomic mass is 10.0. The minimum Gasteiger partial charge on any atom is -0.463 e. The molecule has 0 saturated carbocycles. The number of esters is 3. The number of hydrogen-bond acceptors (Lipinski definition) is 14. The lowest BCUT2D eigenvalue weighted by Crippen LogP contribution is -2.30. The summed E-state index contributed by atoms with van der Waals surface area (Å²) >= 11 is 0. The van der Waals surface area contributed by atoms with Gasteiger partial charge in [-0.15, -0.1) is 0 Å². The highest BCUT2D eigenvalue weighted by Gasteiger charge is 2.29. The minimum absolute atomic E-state index is 0.113. The SMILES string of the molecule is CCCCC/C=C\C/C=C\C/C=C\CCCCCCCCC(=O)OCC(O)COP(=O)(O)OCC(O)COP(=O)(O)OCC(COC(=O)CCCCCCCCCCCCCCC)OC(=O)CCCCCCCCCCCCCCC. The molecule has 0 aliphatic rings. The predicted octanol–water partition coefficient (Wildman–Crippen LogP) is 17.1. The van der Waals surface area contributed by atoms with Crippen molar-refractivity contribution in [3.63, 3.8) is 0 Å². The molecule has 0 aromatic carbocycles. The number of ether oxygens (including phenoxy) is 3. The summed E-state index contributed by atoms with van der Waals surface area (Å²) in [7, 11) is -9.75. The lowest BCUT2D eigenvalue weighted by molar-refractivity contribution is -0.161. The van der Waals surface area contributed by atoms with Crippen LogP contribution in [0.15, 0.2) is 36.5 Å². The Morgan fingerprint density at radius 3 is 1.00 bits per heavy atom. The summed E-state index contributed by atoms with van der Waals surface area (Å²) < 4.78 is 60.7.